The summed E-state index contributed by atoms with van der Waals surface area (Å²) < 4.78 is 26.2. The van der Waals surface area contributed by atoms with E-state index in [0.29, 0.717) is 11.4 Å². The molecule has 1 saturated heterocycles. The second kappa shape index (κ2) is 4.72. The summed E-state index contributed by atoms with van der Waals surface area (Å²) in [6.07, 6.45) is 5.97. The lowest BCUT2D eigenvalue weighted by molar-refractivity contribution is 0.351. The topological polar surface area (TPSA) is 37.4 Å². The van der Waals surface area contributed by atoms with Gasteiger partial charge in [-0.3, -0.25) is 0 Å². The van der Waals surface area contributed by atoms with Crippen LogP contribution in [0, 0.1) is 0 Å². The Morgan fingerprint density at radius 3 is 2.33 bits per heavy atom. The van der Waals surface area contributed by atoms with Crippen LogP contribution in [0.15, 0.2) is 0 Å². The molecule has 1 aliphatic carbocycles. The fourth-order valence-corrected chi connectivity index (χ4v) is 5.51. The lowest BCUT2D eigenvalue weighted by Gasteiger charge is -2.31. The molecular formula is C10H18BrNO2S. The first-order valence-corrected chi connectivity index (χ1v) is 8.15. The molecule has 15 heavy (non-hydrogen) atoms. The molecule has 88 valence electrons. The van der Waals surface area contributed by atoms with E-state index in [1.54, 1.807) is 4.31 Å². The van der Waals surface area contributed by atoms with Crippen LogP contribution in [0.1, 0.15) is 38.5 Å². The Balaban J connectivity index is 2.07. The maximum atomic E-state index is 12.2. The van der Waals surface area contributed by atoms with Gasteiger partial charge in [0.25, 0.3) is 0 Å². The van der Waals surface area contributed by atoms with Crippen LogP contribution in [0.25, 0.3) is 0 Å². The number of sulfonamides is 1. The first-order chi connectivity index (χ1) is 7.10. The van der Waals surface area contributed by atoms with Gasteiger partial charge in [-0.15, -0.1) is 0 Å². The lowest BCUT2D eigenvalue weighted by atomic mass is 10.2. The standard InChI is InChI=1S/C10H18BrNO2S/c11-9-4-3-7-12(8-9)15(13,14)10-5-1-2-6-10/h9-10H,1-8H2. The average molecular weight is 296 g/mol. The molecule has 0 amide bonds. The summed E-state index contributed by atoms with van der Waals surface area (Å²) in [4.78, 5) is 0.349. The van der Waals surface area contributed by atoms with Gasteiger partial charge in [0.1, 0.15) is 0 Å². The van der Waals surface area contributed by atoms with E-state index in [4.69, 9.17) is 0 Å². The minimum Gasteiger partial charge on any atom is -0.212 e. The molecule has 2 rings (SSSR count). The minimum absolute atomic E-state index is 0.0877. The summed E-state index contributed by atoms with van der Waals surface area (Å²) in [5.41, 5.74) is 0. The molecule has 0 N–H and O–H groups in total. The molecule has 3 nitrogen and oxygen atoms in total. The van der Waals surface area contributed by atoms with Gasteiger partial charge >= 0.3 is 0 Å². The molecule has 0 radical (unpaired) electrons. The predicted octanol–water partition coefficient (Wildman–Crippen LogP) is 2.12. The summed E-state index contributed by atoms with van der Waals surface area (Å²) in [6, 6.07) is 0. The monoisotopic (exact) mass is 295 g/mol. The SMILES string of the molecule is O=S(=O)(C1CCCC1)N1CCCC(Br)C1. The quantitative estimate of drug-likeness (QED) is 0.732. The zero-order chi connectivity index (χ0) is 10.9. The first-order valence-electron chi connectivity index (χ1n) is 5.74. The highest BCUT2D eigenvalue weighted by molar-refractivity contribution is 9.09. The number of rotatable bonds is 2. The Morgan fingerprint density at radius 1 is 1.07 bits per heavy atom. The number of nitrogens with zero attached hydrogens (tertiary/aromatic N) is 1. The molecule has 5 heteroatoms. The van der Waals surface area contributed by atoms with Crippen molar-refractivity contribution >= 4 is 26.0 Å². The van der Waals surface area contributed by atoms with Crippen molar-refractivity contribution in [1.29, 1.82) is 0 Å². The van der Waals surface area contributed by atoms with Crippen molar-refractivity contribution in [2.24, 2.45) is 0 Å². The number of hydrogen-bond acceptors (Lipinski definition) is 2. The number of alkyl halides is 1. The highest BCUT2D eigenvalue weighted by atomic mass is 79.9. The second-order valence-electron chi connectivity index (χ2n) is 4.55. The maximum absolute atomic E-state index is 12.2. The zero-order valence-corrected chi connectivity index (χ0v) is 11.3. The summed E-state index contributed by atoms with van der Waals surface area (Å²) in [5.74, 6) is 0. The molecule has 1 atom stereocenters. The van der Waals surface area contributed by atoms with E-state index in [1.165, 1.54) is 0 Å². The molecule has 1 saturated carbocycles. The normalized spacial score (nSPS) is 30.9. The number of hydrogen-bond donors (Lipinski definition) is 0. The molecule has 0 aromatic heterocycles. The summed E-state index contributed by atoms with van der Waals surface area (Å²) in [6.45, 7) is 1.39. The van der Waals surface area contributed by atoms with Gasteiger partial charge < -0.3 is 0 Å². The third-order valence-corrected chi connectivity index (χ3v) is 6.52. The summed E-state index contributed by atoms with van der Waals surface area (Å²) >= 11 is 3.52. The van der Waals surface area contributed by atoms with E-state index in [1.807, 2.05) is 0 Å². The third kappa shape index (κ3) is 2.56. The van der Waals surface area contributed by atoms with Gasteiger partial charge in [0.15, 0.2) is 0 Å². The molecule has 2 aliphatic rings. The van der Waals surface area contributed by atoms with Crippen LogP contribution in [-0.4, -0.2) is 35.9 Å². The molecule has 0 aromatic rings. The molecule has 2 fully saturated rings. The first kappa shape index (κ1) is 11.9. The van der Waals surface area contributed by atoms with Crippen LogP contribution in [0.5, 0.6) is 0 Å². The van der Waals surface area contributed by atoms with E-state index in [2.05, 4.69) is 15.9 Å². The van der Waals surface area contributed by atoms with E-state index in [-0.39, 0.29) is 5.25 Å². The van der Waals surface area contributed by atoms with E-state index < -0.39 is 10.0 Å². The molecule has 0 spiro atoms. The Kier molecular flexibility index (Phi) is 3.73. The Hall–Kier alpha value is 0.390. The van der Waals surface area contributed by atoms with E-state index >= 15 is 0 Å². The van der Waals surface area contributed by atoms with Crippen molar-refractivity contribution in [2.75, 3.05) is 13.1 Å². The molecule has 1 unspecified atom stereocenters. The van der Waals surface area contributed by atoms with Gasteiger partial charge in [-0.25, -0.2) is 12.7 Å². The van der Waals surface area contributed by atoms with Gasteiger partial charge in [0.2, 0.25) is 10.0 Å². The van der Waals surface area contributed by atoms with Crippen LogP contribution in [0.4, 0.5) is 0 Å². The molecule has 0 bridgehead atoms. The minimum atomic E-state index is -2.99. The van der Waals surface area contributed by atoms with Crippen LogP contribution in [0.3, 0.4) is 0 Å². The molecule has 0 aromatic carbocycles. The van der Waals surface area contributed by atoms with Crippen LogP contribution >= 0.6 is 15.9 Å². The summed E-state index contributed by atoms with van der Waals surface area (Å²) in [5, 5.41) is -0.0877. The van der Waals surface area contributed by atoms with Crippen molar-refractivity contribution in [3.05, 3.63) is 0 Å². The van der Waals surface area contributed by atoms with Gasteiger partial charge in [-0.2, -0.15) is 0 Å². The van der Waals surface area contributed by atoms with Gasteiger partial charge in [0.05, 0.1) is 5.25 Å². The predicted molar refractivity (Wildman–Crippen MR) is 64.7 cm³/mol. The van der Waals surface area contributed by atoms with Gasteiger partial charge in [-0.05, 0) is 25.7 Å². The Morgan fingerprint density at radius 2 is 1.73 bits per heavy atom. The van der Waals surface area contributed by atoms with Crippen LogP contribution in [-0.2, 0) is 10.0 Å². The summed E-state index contributed by atoms with van der Waals surface area (Å²) in [7, 11) is -2.99. The van der Waals surface area contributed by atoms with Crippen molar-refractivity contribution in [3.63, 3.8) is 0 Å². The Labute approximate surface area is 100 Å². The van der Waals surface area contributed by atoms with Crippen molar-refractivity contribution in [2.45, 2.75) is 48.6 Å². The smallest absolute Gasteiger partial charge is 0.212 e. The largest absolute Gasteiger partial charge is 0.217 e. The van der Waals surface area contributed by atoms with Crippen molar-refractivity contribution < 1.29 is 8.42 Å². The van der Waals surface area contributed by atoms with Crippen molar-refractivity contribution in [3.8, 4) is 0 Å². The number of halogens is 1. The zero-order valence-electron chi connectivity index (χ0n) is 8.86. The van der Waals surface area contributed by atoms with E-state index in [0.717, 1.165) is 45.1 Å². The number of piperidine rings is 1. The lowest BCUT2D eigenvalue weighted by Crippen LogP contribution is -2.44. The molecule has 1 aliphatic heterocycles. The van der Waals surface area contributed by atoms with Crippen molar-refractivity contribution in [1.82, 2.24) is 4.31 Å². The van der Waals surface area contributed by atoms with Gasteiger partial charge in [-0.1, -0.05) is 28.8 Å². The fourth-order valence-electron chi connectivity index (χ4n) is 2.52. The average Bonchev–Trinajstić information content (AvgIpc) is 2.71. The highest BCUT2D eigenvalue weighted by Gasteiger charge is 2.35. The third-order valence-electron chi connectivity index (χ3n) is 3.41. The van der Waals surface area contributed by atoms with Crippen LogP contribution < -0.4 is 0 Å². The molecule has 1 heterocycles. The Bertz CT molecular complexity index is 311. The van der Waals surface area contributed by atoms with Gasteiger partial charge in [0, 0.05) is 17.9 Å². The van der Waals surface area contributed by atoms with Crippen LogP contribution in [0.2, 0.25) is 0 Å². The maximum Gasteiger partial charge on any atom is 0.217 e. The second-order valence-corrected chi connectivity index (χ2v) is 8.06. The highest BCUT2D eigenvalue weighted by Crippen LogP contribution is 2.29. The fraction of sp³-hybridized carbons (Fsp3) is 1.00. The van der Waals surface area contributed by atoms with E-state index in [9.17, 15) is 8.42 Å². The molecular weight excluding hydrogens is 278 g/mol.